The first-order valence-electron chi connectivity index (χ1n) is 6.70. The fourth-order valence-electron chi connectivity index (χ4n) is 1.91. The van der Waals surface area contributed by atoms with Crippen LogP contribution in [0.3, 0.4) is 0 Å². The number of nitrogens with one attached hydrogen (secondary N) is 1. The number of nitrogens with zero attached hydrogens (tertiary/aromatic N) is 3. The molecule has 3 aromatic rings. The van der Waals surface area contributed by atoms with Crippen LogP contribution in [0.4, 0.5) is 16.7 Å². The van der Waals surface area contributed by atoms with Crippen LogP contribution in [0, 0.1) is 20.2 Å². The van der Waals surface area contributed by atoms with E-state index in [0.29, 0.717) is 5.69 Å². The van der Waals surface area contributed by atoms with Gasteiger partial charge in [0.1, 0.15) is 10.6 Å². The normalized spacial score (nSPS) is 10.4. The smallest absolute Gasteiger partial charge is 0.399 e. The second-order valence-electron chi connectivity index (χ2n) is 4.69. The van der Waals surface area contributed by atoms with Crippen molar-refractivity contribution in [3.8, 4) is 11.5 Å². The van der Waals surface area contributed by atoms with E-state index in [1.54, 1.807) is 5.38 Å². The molecule has 3 rings (SSSR count). The van der Waals surface area contributed by atoms with Crippen LogP contribution in [-0.4, -0.2) is 20.7 Å². The van der Waals surface area contributed by atoms with E-state index in [9.17, 15) is 25.0 Å². The lowest BCUT2D eigenvalue weighted by Gasteiger charge is -2.01. The molecule has 0 aliphatic heterocycles. The van der Waals surface area contributed by atoms with E-state index in [4.69, 9.17) is 4.42 Å². The zero-order valence-corrected chi connectivity index (χ0v) is 13.1. The molecule has 1 aromatic carbocycles. The Labute approximate surface area is 143 Å². The van der Waals surface area contributed by atoms with Gasteiger partial charge in [0.05, 0.1) is 11.0 Å². The van der Waals surface area contributed by atoms with Gasteiger partial charge in [0.15, 0.2) is 10.9 Å². The number of hydrogen-bond acceptors (Lipinski definition) is 8. The van der Waals surface area contributed by atoms with Crippen molar-refractivity contribution in [3.05, 3.63) is 67.6 Å². The Morgan fingerprint density at radius 1 is 1.08 bits per heavy atom. The second-order valence-corrected chi connectivity index (χ2v) is 5.55. The van der Waals surface area contributed by atoms with Crippen LogP contribution in [0.15, 0.2) is 46.2 Å². The molecule has 0 fully saturated rings. The van der Waals surface area contributed by atoms with Crippen molar-refractivity contribution in [2.75, 3.05) is 5.32 Å². The number of carbonyl (C=O) groups is 1. The van der Waals surface area contributed by atoms with E-state index < -0.39 is 21.6 Å². The molecule has 1 amide bonds. The van der Waals surface area contributed by atoms with Gasteiger partial charge in [0.2, 0.25) is 0 Å². The van der Waals surface area contributed by atoms with Crippen molar-refractivity contribution in [3.63, 3.8) is 0 Å². The van der Waals surface area contributed by atoms with Crippen molar-refractivity contribution in [2.24, 2.45) is 0 Å². The number of aromatic nitrogens is 1. The Hall–Kier alpha value is -3.60. The Morgan fingerprint density at radius 3 is 2.40 bits per heavy atom. The number of rotatable bonds is 5. The quantitative estimate of drug-likeness (QED) is 0.542. The monoisotopic (exact) mass is 360 g/mol. The second kappa shape index (κ2) is 6.49. The molecule has 2 aromatic heterocycles. The Balaban J connectivity index is 1.73. The van der Waals surface area contributed by atoms with Gasteiger partial charge in [-0.15, -0.1) is 11.3 Å². The van der Waals surface area contributed by atoms with Crippen LogP contribution in [0.5, 0.6) is 0 Å². The van der Waals surface area contributed by atoms with Crippen molar-refractivity contribution < 1.29 is 19.1 Å². The fraction of sp³-hybridized carbons (Fsp3) is 0. The predicted octanol–water partition coefficient (Wildman–Crippen LogP) is 3.47. The van der Waals surface area contributed by atoms with Gasteiger partial charge in [0.25, 0.3) is 11.6 Å². The van der Waals surface area contributed by atoms with E-state index >= 15 is 0 Å². The summed E-state index contributed by atoms with van der Waals surface area (Å²) in [5, 5.41) is 25.6. The van der Waals surface area contributed by atoms with Gasteiger partial charge in [-0.05, 0) is 18.2 Å². The van der Waals surface area contributed by atoms with Gasteiger partial charge in [-0.2, -0.15) is 0 Å². The highest BCUT2D eigenvalue weighted by Crippen LogP contribution is 2.29. The first-order valence-corrected chi connectivity index (χ1v) is 7.58. The van der Waals surface area contributed by atoms with Gasteiger partial charge in [-0.1, -0.05) is 0 Å². The molecular formula is C14H8N4O6S. The summed E-state index contributed by atoms with van der Waals surface area (Å²) < 4.78 is 5.04. The molecule has 25 heavy (non-hydrogen) atoms. The van der Waals surface area contributed by atoms with Crippen LogP contribution in [0.25, 0.3) is 11.5 Å². The van der Waals surface area contributed by atoms with Crippen LogP contribution < -0.4 is 5.32 Å². The van der Waals surface area contributed by atoms with Gasteiger partial charge in [-0.25, -0.2) is 4.98 Å². The molecule has 10 nitrogen and oxygen atoms in total. The minimum atomic E-state index is -0.660. The van der Waals surface area contributed by atoms with E-state index in [2.05, 4.69) is 10.3 Å². The number of non-ortho nitro benzene ring substituents is 1. The number of amides is 1. The highest BCUT2D eigenvalue weighted by Gasteiger charge is 2.16. The van der Waals surface area contributed by atoms with Gasteiger partial charge >= 0.3 is 5.88 Å². The summed E-state index contributed by atoms with van der Waals surface area (Å²) in [6, 6.07) is 7.74. The topological polar surface area (TPSA) is 141 Å². The van der Waals surface area contributed by atoms with Crippen molar-refractivity contribution in [1.82, 2.24) is 4.98 Å². The number of thiazole rings is 1. The molecule has 0 unspecified atom stereocenters. The maximum Gasteiger partial charge on any atom is 0.433 e. The highest BCUT2D eigenvalue weighted by atomic mass is 32.1. The van der Waals surface area contributed by atoms with E-state index in [1.165, 1.54) is 36.4 Å². The van der Waals surface area contributed by atoms with Gasteiger partial charge in [-0.3, -0.25) is 30.3 Å². The molecule has 0 radical (unpaired) electrons. The maximum atomic E-state index is 12.1. The summed E-state index contributed by atoms with van der Waals surface area (Å²) in [4.78, 5) is 36.2. The van der Waals surface area contributed by atoms with E-state index in [1.807, 2.05) is 0 Å². The number of hydrogen-bond donors (Lipinski definition) is 1. The van der Waals surface area contributed by atoms with E-state index in [0.717, 1.165) is 11.3 Å². The molecule has 0 spiro atoms. The number of benzene rings is 1. The average molecular weight is 360 g/mol. The molecule has 0 bridgehead atoms. The third kappa shape index (κ3) is 3.50. The standard InChI is InChI=1S/C14H8N4O6S/c19-13(8-1-3-9(4-2-8)17(20)21)16-14-15-10(7-25-14)11-5-6-12(24-11)18(22)23/h1-7H,(H,15,16,19). The third-order valence-corrected chi connectivity index (χ3v) is 3.85. The minimum absolute atomic E-state index is 0.118. The summed E-state index contributed by atoms with van der Waals surface area (Å²) in [5.41, 5.74) is 0.459. The summed E-state index contributed by atoms with van der Waals surface area (Å²) in [6.07, 6.45) is 0. The zero-order valence-electron chi connectivity index (χ0n) is 12.2. The lowest BCUT2D eigenvalue weighted by Crippen LogP contribution is -2.11. The molecule has 11 heteroatoms. The molecule has 126 valence electrons. The van der Waals surface area contributed by atoms with Crippen LogP contribution >= 0.6 is 11.3 Å². The third-order valence-electron chi connectivity index (χ3n) is 3.09. The Morgan fingerprint density at radius 2 is 1.80 bits per heavy atom. The number of anilines is 1. The first kappa shape index (κ1) is 16.3. The number of nitro benzene ring substituents is 1. The molecule has 2 heterocycles. The highest BCUT2D eigenvalue weighted by molar-refractivity contribution is 7.14. The largest absolute Gasteiger partial charge is 0.433 e. The Bertz CT molecular complexity index is 962. The Kier molecular flexibility index (Phi) is 4.22. The summed E-state index contributed by atoms with van der Waals surface area (Å²) >= 11 is 1.11. The summed E-state index contributed by atoms with van der Waals surface area (Å²) in [7, 11) is 0. The van der Waals surface area contributed by atoms with Crippen molar-refractivity contribution >= 4 is 33.9 Å². The van der Waals surface area contributed by atoms with E-state index in [-0.39, 0.29) is 22.1 Å². The summed E-state index contributed by atoms with van der Waals surface area (Å²) in [6.45, 7) is 0. The molecular weight excluding hydrogens is 352 g/mol. The molecule has 0 aliphatic carbocycles. The number of furan rings is 1. The summed E-state index contributed by atoms with van der Waals surface area (Å²) in [5.74, 6) is -0.681. The maximum absolute atomic E-state index is 12.1. The van der Waals surface area contributed by atoms with Gasteiger partial charge in [0, 0.05) is 23.1 Å². The SMILES string of the molecule is O=C(Nc1nc(-c2ccc([N+](=O)[O-])o2)cs1)c1ccc([N+](=O)[O-])cc1. The zero-order chi connectivity index (χ0) is 18.0. The minimum Gasteiger partial charge on any atom is -0.399 e. The van der Waals surface area contributed by atoms with Crippen molar-refractivity contribution in [1.29, 1.82) is 0 Å². The molecule has 0 aliphatic rings. The van der Waals surface area contributed by atoms with Crippen LogP contribution in [-0.2, 0) is 0 Å². The van der Waals surface area contributed by atoms with Crippen LogP contribution in [0.2, 0.25) is 0 Å². The molecule has 0 saturated carbocycles. The van der Waals surface area contributed by atoms with Gasteiger partial charge < -0.3 is 4.42 Å². The number of carbonyl (C=O) groups excluding carboxylic acids is 1. The lowest BCUT2D eigenvalue weighted by atomic mass is 10.2. The van der Waals surface area contributed by atoms with Crippen LogP contribution in [0.1, 0.15) is 10.4 Å². The molecule has 0 saturated heterocycles. The number of nitro groups is 2. The molecule has 1 N–H and O–H groups in total. The fourth-order valence-corrected chi connectivity index (χ4v) is 2.61. The molecule has 0 atom stereocenters. The first-order chi connectivity index (χ1) is 11.9. The average Bonchev–Trinajstić information content (AvgIpc) is 3.23. The predicted molar refractivity (Wildman–Crippen MR) is 87.5 cm³/mol. The van der Waals surface area contributed by atoms with Crippen molar-refractivity contribution in [2.45, 2.75) is 0 Å². The lowest BCUT2D eigenvalue weighted by molar-refractivity contribution is -0.401.